The molecule has 0 aliphatic rings. The van der Waals surface area contributed by atoms with Gasteiger partial charge in [-0.1, -0.05) is 38.1 Å². The quantitative estimate of drug-likeness (QED) is 0.662. The smallest absolute Gasteiger partial charge is 0.287 e. The monoisotopic (exact) mass is 269 g/mol. The summed E-state index contributed by atoms with van der Waals surface area (Å²) >= 11 is 2.87. The Kier molecular flexibility index (Phi) is 3.91. The van der Waals surface area contributed by atoms with Gasteiger partial charge in [0.2, 0.25) is 0 Å². The van der Waals surface area contributed by atoms with Gasteiger partial charge in [0.05, 0.1) is 0 Å². The number of halogens is 1. The molecule has 15 heavy (non-hydrogen) atoms. The zero-order chi connectivity index (χ0) is 11.5. The Hall–Kier alpha value is -0.830. The summed E-state index contributed by atoms with van der Waals surface area (Å²) in [6.45, 7) is 6.96. The second-order valence-corrected chi connectivity index (χ2v) is 5.05. The lowest BCUT2D eigenvalue weighted by atomic mass is 9.82. The minimum atomic E-state index is -0.163. The van der Waals surface area contributed by atoms with Gasteiger partial charge in [-0.25, -0.2) is 0 Å². The fraction of sp³-hybridized carbons (Fsp3) is 0.417. The van der Waals surface area contributed by atoms with Crippen LogP contribution in [0.25, 0.3) is 0 Å². The molecule has 1 aromatic rings. The van der Waals surface area contributed by atoms with E-state index in [-0.39, 0.29) is 10.2 Å². The van der Waals surface area contributed by atoms with Crippen LogP contribution in [0.15, 0.2) is 24.3 Å². The number of nitrogens with one attached hydrogen (secondary N) is 1. The molecular weight excluding hydrogens is 254 g/mol. The number of amides is 1. The maximum atomic E-state index is 10.8. The highest BCUT2D eigenvalue weighted by Crippen LogP contribution is 2.25. The lowest BCUT2D eigenvalue weighted by Crippen LogP contribution is -2.34. The molecule has 1 N–H and O–H groups in total. The molecular formula is C12H16BrNO. The predicted molar refractivity (Wildman–Crippen MR) is 66.5 cm³/mol. The van der Waals surface area contributed by atoms with Gasteiger partial charge < -0.3 is 5.32 Å². The Bertz CT molecular complexity index is 360. The van der Waals surface area contributed by atoms with Crippen molar-refractivity contribution in [3.05, 3.63) is 35.4 Å². The van der Waals surface area contributed by atoms with Gasteiger partial charge in [0.15, 0.2) is 0 Å². The van der Waals surface area contributed by atoms with Gasteiger partial charge in [0.1, 0.15) is 0 Å². The van der Waals surface area contributed by atoms with Gasteiger partial charge in [-0.3, -0.25) is 4.79 Å². The molecule has 0 aliphatic carbocycles. The zero-order valence-corrected chi connectivity index (χ0v) is 10.9. The van der Waals surface area contributed by atoms with Crippen LogP contribution in [0.1, 0.15) is 25.0 Å². The van der Waals surface area contributed by atoms with Crippen molar-refractivity contribution >= 4 is 20.7 Å². The van der Waals surface area contributed by atoms with Crippen LogP contribution < -0.4 is 5.32 Å². The molecule has 1 amide bonds. The van der Waals surface area contributed by atoms with Crippen LogP contribution in [0.3, 0.4) is 0 Å². The Morgan fingerprint density at radius 3 is 2.53 bits per heavy atom. The molecule has 0 saturated carbocycles. The summed E-state index contributed by atoms with van der Waals surface area (Å²) < 4.78 is 0. The Balaban J connectivity index is 2.85. The summed E-state index contributed by atoms with van der Waals surface area (Å²) in [5, 5.41) is 2.79. The third-order valence-corrected chi connectivity index (χ3v) is 2.82. The predicted octanol–water partition coefficient (Wildman–Crippen LogP) is 3.38. The van der Waals surface area contributed by atoms with Gasteiger partial charge in [0, 0.05) is 27.9 Å². The van der Waals surface area contributed by atoms with E-state index in [1.54, 1.807) is 0 Å². The molecule has 0 spiro atoms. The molecule has 0 bridgehead atoms. The molecule has 1 rings (SSSR count). The average Bonchev–Trinajstić information content (AvgIpc) is 2.15. The molecule has 0 heterocycles. The van der Waals surface area contributed by atoms with Crippen LogP contribution >= 0.6 is 15.9 Å². The molecule has 0 aliphatic heterocycles. The highest BCUT2D eigenvalue weighted by Gasteiger charge is 2.22. The first kappa shape index (κ1) is 12.2. The Morgan fingerprint density at radius 2 is 2.00 bits per heavy atom. The van der Waals surface area contributed by atoms with Crippen LogP contribution in [-0.4, -0.2) is 11.4 Å². The topological polar surface area (TPSA) is 29.1 Å². The van der Waals surface area contributed by atoms with Gasteiger partial charge >= 0.3 is 0 Å². The fourth-order valence-electron chi connectivity index (χ4n) is 1.72. The average molecular weight is 270 g/mol. The van der Waals surface area contributed by atoms with Crippen LogP contribution in [0.5, 0.6) is 0 Å². The van der Waals surface area contributed by atoms with Crippen LogP contribution in [0, 0.1) is 6.92 Å². The molecule has 0 atom stereocenters. The lowest BCUT2D eigenvalue weighted by molar-refractivity contribution is 0.259. The maximum Gasteiger partial charge on any atom is 0.287 e. The van der Waals surface area contributed by atoms with E-state index in [1.807, 2.05) is 12.1 Å². The largest absolute Gasteiger partial charge is 0.346 e. The zero-order valence-electron chi connectivity index (χ0n) is 9.30. The summed E-state index contributed by atoms with van der Waals surface area (Å²) in [4.78, 5) is 10.6. The second kappa shape index (κ2) is 4.79. The van der Waals surface area contributed by atoms with E-state index in [0.717, 1.165) is 0 Å². The lowest BCUT2D eigenvalue weighted by Gasteiger charge is -2.26. The number of carbonyl (C=O) groups excluding carboxylic acids is 1. The van der Waals surface area contributed by atoms with Crippen molar-refractivity contribution in [3.63, 3.8) is 0 Å². The van der Waals surface area contributed by atoms with E-state index in [4.69, 9.17) is 0 Å². The summed E-state index contributed by atoms with van der Waals surface area (Å²) in [6, 6.07) is 8.25. The van der Waals surface area contributed by atoms with Crippen LogP contribution in [-0.2, 0) is 5.41 Å². The van der Waals surface area contributed by atoms with Crippen molar-refractivity contribution in [3.8, 4) is 0 Å². The minimum Gasteiger partial charge on any atom is -0.346 e. The van der Waals surface area contributed by atoms with Gasteiger partial charge in [-0.05, 0) is 18.1 Å². The van der Waals surface area contributed by atoms with E-state index in [0.29, 0.717) is 6.54 Å². The van der Waals surface area contributed by atoms with Gasteiger partial charge in [-0.2, -0.15) is 0 Å². The number of hydrogen-bond acceptors (Lipinski definition) is 1. The van der Waals surface area contributed by atoms with Gasteiger partial charge in [-0.15, -0.1) is 0 Å². The third-order valence-electron chi connectivity index (χ3n) is 2.54. The number of hydrogen-bond donors (Lipinski definition) is 1. The van der Waals surface area contributed by atoms with E-state index < -0.39 is 0 Å². The van der Waals surface area contributed by atoms with Crippen molar-refractivity contribution in [1.82, 2.24) is 5.32 Å². The Morgan fingerprint density at radius 1 is 1.40 bits per heavy atom. The normalized spacial score (nSPS) is 11.2. The maximum absolute atomic E-state index is 10.8. The van der Waals surface area contributed by atoms with Crippen molar-refractivity contribution < 1.29 is 4.79 Å². The first-order chi connectivity index (χ1) is 6.93. The molecule has 0 saturated heterocycles. The third kappa shape index (κ3) is 3.34. The van der Waals surface area contributed by atoms with E-state index in [9.17, 15) is 4.79 Å². The van der Waals surface area contributed by atoms with Crippen LogP contribution in [0.2, 0.25) is 0 Å². The minimum absolute atomic E-state index is 0.0469. The summed E-state index contributed by atoms with van der Waals surface area (Å²) in [7, 11) is 0. The number of rotatable bonds is 3. The van der Waals surface area contributed by atoms with E-state index in [1.165, 1.54) is 11.1 Å². The highest BCUT2D eigenvalue weighted by molar-refractivity contribution is 9.18. The molecule has 82 valence electrons. The van der Waals surface area contributed by atoms with Crippen molar-refractivity contribution in [2.45, 2.75) is 26.2 Å². The second-order valence-electron chi connectivity index (χ2n) is 4.33. The molecule has 0 unspecified atom stereocenters. The van der Waals surface area contributed by atoms with E-state index in [2.05, 4.69) is 54.2 Å². The number of benzene rings is 1. The standard InChI is InChI=1S/C12H16BrNO/c1-9-6-4-5-7-10(9)12(2,3)8-14-11(13)15/h4-7H,8H2,1-3H3,(H,14,15). The van der Waals surface area contributed by atoms with Crippen LogP contribution in [0.4, 0.5) is 4.79 Å². The first-order valence-electron chi connectivity index (χ1n) is 4.93. The van der Waals surface area contributed by atoms with Crippen molar-refractivity contribution in [2.24, 2.45) is 0 Å². The van der Waals surface area contributed by atoms with Crippen molar-refractivity contribution in [1.29, 1.82) is 0 Å². The van der Waals surface area contributed by atoms with Crippen molar-refractivity contribution in [2.75, 3.05) is 6.54 Å². The highest BCUT2D eigenvalue weighted by atomic mass is 79.9. The molecule has 0 fully saturated rings. The van der Waals surface area contributed by atoms with Gasteiger partial charge in [0.25, 0.3) is 4.82 Å². The summed E-state index contributed by atoms with van der Waals surface area (Å²) in [6.07, 6.45) is 0. The summed E-state index contributed by atoms with van der Waals surface area (Å²) in [5.74, 6) is 0. The molecule has 1 aromatic carbocycles. The Labute approximate surface area is 99.2 Å². The first-order valence-corrected chi connectivity index (χ1v) is 5.72. The summed E-state index contributed by atoms with van der Waals surface area (Å²) in [5.41, 5.74) is 2.48. The molecule has 3 heteroatoms. The number of aryl methyl sites for hydroxylation is 1. The SMILES string of the molecule is Cc1ccccc1C(C)(C)CNC(=O)Br. The molecule has 0 aromatic heterocycles. The fourth-order valence-corrected chi connectivity index (χ4v) is 1.86. The van der Waals surface area contributed by atoms with E-state index >= 15 is 0 Å². The molecule has 0 radical (unpaired) electrons. The number of carbonyl (C=O) groups is 1. The molecule has 2 nitrogen and oxygen atoms in total.